The number of phenols is 2. The number of hydrogen-bond acceptors (Lipinski definition) is 3. The molecule has 3 heteroatoms. The summed E-state index contributed by atoms with van der Waals surface area (Å²) in [5.41, 5.74) is 6.40. The first-order chi connectivity index (χ1) is 6.68. The number of hydrogen-bond donors (Lipinski definition) is 3. The van der Waals surface area contributed by atoms with Gasteiger partial charge in [-0.1, -0.05) is 18.9 Å². The number of phenolic OH excluding ortho intramolecular Hbond substituents is 2. The molecule has 3 nitrogen and oxygen atoms in total. The van der Waals surface area contributed by atoms with Crippen LogP contribution in [-0.2, 0) is 0 Å². The highest BCUT2D eigenvalue weighted by molar-refractivity contribution is 5.45. The first-order valence-corrected chi connectivity index (χ1v) is 4.95. The van der Waals surface area contributed by atoms with Crippen LogP contribution in [0.1, 0.15) is 30.9 Å². The van der Waals surface area contributed by atoms with Crippen molar-refractivity contribution in [2.75, 3.05) is 0 Å². The zero-order chi connectivity index (χ0) is 10.1. The van der Waals surface area contributed by atoms with Crippen LogP contribution in [0, 0.1) is 5.92 Å². The molecular weight excluding hydrogens is 178 g/mol. The van der Waals surface area contributed by atoms with E-state index in [1.54, 1.807) is 18.2 Å². The third-order valence-electron chi connectivity index (χ3n) is 2.72. The van der Waals surface area contributed by atoms with Crippen molar-refractivity contribution in [3.63, 3.8) is 0 Å². The summed E-state index contributed by atoms with van der Waals surface area (Å²) in [6, 6.07) is 4.48. The SMILES string of the molecule is NC(CC1CC1)c1c(O)cccc1O. The Morgan fingerprint density at radius 2 is 1.86 bits per heavy atom. The van der Waals surface area contributed by atoms with Crippen molar-refractivity contribution in [2.45, 2.75) is 25.3 Å². The van der Waals surface area contributed by atoms with E-state index in [2.05, 4.69) is 0 Å². The molecule has 0 heterocycles. The lowest BCUT2D eigenvalue weighted by atomic mass is 10.0. The van der Waals surface area contributed by atoms with Crippen molar-refractivity contribution in [3.05, 3.63) is 23.8 Å². The van der Waals surface area contributed by atoms with Crippen LogP contribution >= 0.6 is 0 Å². The number of benzene rings is 1. The molecule has 4 N–H and O–H groups in total. The first-order valence-electron chi connectivity index (χ1n) is 4.95. The van der Waals surface area contributed by atoms with Crippen LogP contribution in [0.15, 0.2) is 18.2 Å². The lowest BCUT2D eigenvalue weighted by Gasteiger charge is -2.14. The largest absolute Gasteiger partial charge is 0.507 e. The smallest absolute Gasteiger partial charge is 0.124 e. The van der Waals surface area contributed by atoms with Crippen LogP contribution in [0.5, 0.6) is 11.5 Å². The Kier molecular flexibility index (Phi) is 2.33. The van der Waals surface area contributed by atoms with Gasteiger partial charge < -0.3 is 15.9 Å². The highest BCUT2D eigenvalue weighted by atomic mass is 16.3. The molecule has 76 valence electrons. The van der Waals surface area contributed by atoms with Crippen molar-refractivity contribution < 1.29 is 10.2 Å². The quantitative estimate of drug-likeness (QED) is 0.686. The average Bonchev–Trinajstić information content (AvgIpc) is 2.87. The molecule has 0 amide bonds. The van der Waals surface area contributed by atoms with Gasteiger partial charge in [0.2, 0.25) is 0 Å². The maximum absolute atomic E-state index is 9.56. The lowest BCUT2D eigenvalue weighted by Crippen LogP contribution is -2.11. The topological polar surface area (TPSA) is 66.5 Å². The Hall–Kier alpha value is -1.22. The van der Waals surface area contributed by atoms with Crippen LogP contribution in [0.4, 0.5) is 0 Å². The molecule has 0 spiro atoms. The van der Waals surface area contributed by atoms with Gasteiger partial charge in [-0.05, 0) is 24.5 Å². The second-order valence-electron chi connectivity index (χ2n) is 4.00. The minimum Gasteiger partial charge on any atom is -0.507 e. The van der Waals surface area contributed by atoms with E-state index in [1.807, 2.05) is 0 Å². The fourth-order valence-corrected chi connectivity index (χ4v) is 1.75. The lowest BCUT2D eigenvalue weighted by molar-refractivity contribution is 0.422. The summed E-state index contributed by atoms with van der Waals surface area (Å²) in [4.78, 5) is 0. The maximum atomic E-state index is 9.56. The summed E-state index contributed by atoms with van der Waals surface area (Å²) < 4.78 is 0. The summed E-state index contributed by atoms with van der Waals surface area (Å²) in [6.45, 7) is 0. The Morgan fingerprint density at radius 1 is 1.29 bits per heavy atom. The van der Waals surface area contributed by atoms with Gasteiger partial charge >= 0.3 is 0 Å². The zero-order valence-electron chi connectivity index (χ0n) is 7.98. The summed E-state index contributed by atoms with van der Waals surface area (Å²) >= 11 is 0. The van der Waals surface area contributed by atoms with Gasteiger partial charge in [0, 0.05) is 6.04 Å². The molecule has 0 radical (unpaired) electrons. The number of nitrogens with two attached hydrogens (primary N) is 1. The van der Waals surface area contributed by atoms with E-state index < -0.39 is 0 Å². The average molecular weight is 193 g/mol. The van der Waals surface area contributed by atoms with Crippen molar-refractivity contribution in [1.82, 2.24) is 0 Å². The molecular formula is C11H15NO2. The molecule has 1 fully saturated rings. The molecule has 1 aliphatic rings. The highest BCUT2D eigenvalue weighted by Crippen LogP contribution is 2.40. The summed E-state index contributed by atoms with van der Waals surface area (Å²) in [7, 11) is 0. The molecule has 1 saturated carbocycles. The summed E-state index contributed by atoms with van der Waals surface area (Å²) in [5.74, 6) is 0.875. The maximum Gasteiger partial charge on any atom is 0.124 e. The zero-order valence-corrected chi connectivity index (χ0v) is 7.98. The van der Waals surface area contributed by atoms with Crippen LogP contribution < -0.4 is 5.73 Å². The van der Waals surface area contributed by atoms with Gasteiger partial charge in [-0.3, -0.25) is 0 Å². The van der Waals surface area contributed by atoms with Crippen LogP contribution in [0.3, 0.4) is 0 Å². The molecule has 14 heavy (non-hydrogen) atoms. The van der Waals surface area contributed by atoms with E-state index >= 15 is 0 Å². The number of rotatable bonds is 3. The highest BCUT2D eigenvalue weighted by Gasteiger charge is 2.26. The normalized spacial score (nSPS) is 18.1. The van der Waals surface area contributed by atoms with Gasteiger partial charge in [0.1, 0.15) is 11.5 Å². The Labute approximate surface area is 83.2 Å². The molecule has 1 aromatic rings. The summed E-state index contributed by atoms with van der Waals surface area (Å²) in [6.07, 6.45) is 3.30. The van der Waals surface area contributed by atoms with Gasteiger partial charge in [-0.15, -0.1) is 0 Å². The molecule has 1 unspecified atom stereocenters. The Balaban J connectivity index is 2.19. The fraction of sp³-hybridized carbons (Fsp3) is 0.455. The van der Waals surface area contributed by atoms with Gasteiger partial charge in [0.25, 0.3) is 0 Å². The Morgan fingerprint density at radius 3 is 2.36 bits per heavy atom. The van der Waals surface area contributed by atoms with Crippen molar-refractivity contribution >= 4 is 0 Å². The molecule has 1 atom stereocenters. The van der Waals surface area contributed by atoms with Crippen molar-refractivity contribution in [1.29, 1.82) is 0 Å². The van der Waals surface area contributed by atoms with E-state index in [0.29, 0.717) is 11.5 Å². The van der Waals surface area contributed by atoms with E-state index in [9.17, 15) is 10.2 Å². The number of aromatic hydroxyl groups is 2. The monoisotopic (exact) mass is 193 g/mol. The standard InChI is InChI=1S/C11H15NO2/c12-8(6-7-4-5-7)11-9(13)2-1-3-10(11)14/h1-3,7-8,13-14H,4-6,12H2. The molecule has 1 aliphatic carbocycles. The summed E-state index contributed by atoms with van der Waals surface area (Å²) in [5, 5.41) is 19.1. The fourth-order valence-electron chi connectivity index (χ4n) is 1.75. The molecule has 1 aromatic carbocycles. The molecule has 0 bridgehead atoms. The molecule has 0 aliphatic heterocycles. The van der Waals surface area contributed by atoms with Crippen LogP contribution in [0.25, 0.3) is 0 Å². The third-order valence-corrected chi connectivity index (χ3v) is 2.72. The second kappa shape index (κ2) is 3.50. The van der Waals surface area contributed by atoms with Crippen LogP contribution in [0.2, 0.25) is 0 Å². The van der Waals surface area contributed by atoms with Gasteiger partial charge in [0.05, 0.1) is 5.56 Å². The van der Waals surface area contributed by atoms with Crippen molar-refractivity contribution in [2.24, 2.45) is 11.7 Å². The minimum absolute atomic E-state index is 0.0955. The second-order valence-corrected chi connectivity index (χ2v) is 4.00. The van der Waals surface area contributed by atoms with Gasteiger partial charge in [-0.2, -0.15) is 0 Å². The third kappa shape index (κ3) is 1.82. The van der Waals surface area contributed by atoms with E-state index in [1.165, 1.54) is 12.8 Å². The van der Waals surface area contributed by atoms with E-state index in [4.69, 9.17) is 5.73 Å². The van der Waals surface area contributed by atoms with E-state index in [0.717, 1.165) is 6.42 Å². The van der Waals surface area contributed by atoms with Gasteiger partial charge in [-0.25, -0.2) is 0 Å². The van der Waals surface area contributed by atoms with Crippen LogP contribution in [-0.4, -0.2) is 10.2 Å². The van der Waals surface area contributed by atoms with Crippen molar-refractivity contribution in [3.8, 4) is 11.5 Å². The molecule has 0 aromatic heterocycles. The molecule has 2 rings (SSSR count). The molecule has 0 saturated heterocycles. The minimum atomic E-state index is -0.247. The predicted octanol–water partition coefficient (Wildman–Crippen LogP) is 1.90. The predicted molar refractivity (Wildman–Crippen MR) is 54.0 cm³/mol. The van der Waals surface area contributed by atoms with E-state index in [-0.39, 0.29) is 17.5 Å². The Bertz CT molecular complexity index is 314. The first kappa shape index (κ1) is 9.34. The van der Waals surface area contributed by atoms with Gasteiger partial charge in [0.15, 0.2) is 0 Å².